The number of aliphatic hydroxyl groups is 1. The van der Waals surface area contributed by atoms with Crippen LogP contribution in [0, 0.1) is 11.7 Å². The molecule has 2 N–H and O–H groups in total. The molecule has 2 rings (SSSR count). The van der Waals surface area contributed by atoms with Crippen molar-refractivity contribution in [1.82, 2.24) is 5.32 Å². The first-order valence-corrected chi connectivity index (χ1v) is 7.57. The van der Waals surface area contributed by atoms with Crippen LogP contribution in [0.1, 0.15) is 51.5 Å². The molecule has 0 saturated heterocycles. The van der Waals surface area contributed by atoms with Crippen LogP contribution in [-0.2, 0) is 0 Å². The molecule has 1 saturated carbocycles. The largest absolute Gasteiger partial charge is 0.389 e. The number of hydrogen-bond donors (Lipinski definition) is 2. The van der Waals surface area contributed by atoms with Crippen LogP contribution in [0.2, 0.25) is 0 Å². The van der Waals surface area contributed by atoms with E-state index in [0.29, 0.717) is 24.4 Å². The van der Waals surface area contributed by atoms with Crippen LogP contribution in [0.15, 0.2) is 24.3 Å². The van der Waals surface area contributed by atoms with E-state index in [-0.39, 0.29) is 5.82 Å². The molecule has 1 atom stereocenters. The molecule has 0 heterocycles. The molecule has 0 bridgehead atoms. The highest BCUT2D eigenvalue weighted by Crippen LogP contribution is 2.37. The predicted molar refractivity (Wildman–Crippen MR) is 80.2 cm³/mol. The lowest BCUT2D eigenvalue weighted by atomic mass is 9.75. The monoisotopic (exact) mass is 279 g/mol. The number of rotatable bonds is 6. The topological polar surface area (TPSA) is 32.3 Å². The van der Waals surface area contributed by atoms with Gasteiger partial charge in [0.05, 0.1) is 5.60 Å². The number of halogens is 1. The molecule has 3 heteroatoms. The first-order chi connectivity index (χ1) is 9.35. The standard InChI is InChI=1S/C17H26FNO/c1-12(2)10-17(3,20)11-19-16-8-14(9-16)13-4-6-15(18)7-5-13/h4-7,12,14,16,19-20H,8-11H2,1-3H3. The molecule has 0 amide bonds. The summed E-state index contributed by atoms with van der Waals surface area (Å²) < 4.78 is 12.9. The Morgan fingerprint density at radius 2 is 1.90 bits per heavy atom. The van der Waals surface area contributed by atoms with Crippen molar-refractivity contribution in [2.75, 3.05) is 6.54 Å². The maximum Gasteiger partial charge on any atom is 0.123 e. The third kappa shape index (κ3) is 4.29. The Bertz CT molecular complexity index is 421. The van der Waals surface area contributed by atoms with Gasteiger partial charge in [-0.3, -0.25) is 0 Å². The minimum absolute atomic E-state index is 0.174. The van der Waals surface area contributed by atoms with E-state index in [9.17, 15) is 9.50 Å². The lowest BCUT2D eigenvalue weighted by molar-refractivity contribution is 0.0320. The first kappa shape index (κ1) is 15.5. The van der Waals surface area contributed by atoms with Gasteiger partial charge in [-0.2, -0.15) is 0 Å². The van der Waals surface area contributed by atoms with Crippen LogP contribution < -0.4 is 5.32 Å². The quantitative estimate of drug-likeness (QED) is 0.836. The van der Waals surface area contributed by atoms with E-state index in [1.54, 1.807) is 0 Å². The summed E-state index contributed by atoms with van der Waals surface area (Å²) in [5, 5.41) is 13.7. The lowest BCUT2D eigenvalue weighted by Gasteiger charge is -2.38. The normalized spacial score (nSPS) is 25.3. The average Bonchev–Trinajstić information content (AvgIpc) is 2.27. The summed E-state index contributed by atoms with van der Waals surface area (Å²) in [7, 11) is 0. The van der Waals surface area contributed by atoms with Crippen molar-refractivity contribution in [2.24, 2.45) is 5.92 Å². The molecule has 1 aliphatic carbocycles. The van der Waals surface area contributed by atoms with Crippen molar-refractivity contribution < 1.29 is 9.50 Å². The number of nitrogens with one attached hydrogen (secondary N) is 1. The maximum absolute atomic E-state index is 12.9. The van der Waals surface area contributed by atoms with Gasteiger partial charge in [-0.25, -0.2) is 4.39 Å². The van der Waals surface area contributed by atoms with Crippen LogP contribution in [0.3, 0.4) is 0 Å². The highest BCUT2D eigenvalue weighted by molar-refractivity contribution is 5.23. The third-order valence-corrected chi connectivity index (χ3v) is 4.10. The zero-order valence-electron chi connectivity index (χ0n) is 12.7. The third-order valence-electron chi connectivity index (χ3n) is 4.10. The minimum Gasteiger partial charge on any atom is -0.389 e. The molecular formula is C17H26FNO. The van der Waals surface area contributed by atoms with Crippen LogP contribution in [0.5, 0.6) is 0 Å². The molecule has 112 valence electrons. The van der Waals surface area contributed by atoms with E-state index in [4.69, 9.17) is 0 Å². The fourth-order valence-electron chi connectivity index (χ4n) is 3.11. The molecule has 1 aromatic carbocycles. The van der Waals surface area contributed by atoms with Crippen LogP contribution in [0.4, 0.5) is 4.39 Å². The van der Waals surface area contributed by atoms with Crippen molar-refractivity contribution in [2.45, 2.75) is 57.6 Å². The Morgan fingerprint density at radius 1 is 1.30 bits per heavy atom. The number of hydrogen-bond acceptors (Lipinski definition) is 2. The van der Waals surface area contributed by atoms with Gasteiger partial charge >= 0.3 is 0 Å². The molecule has 1 aromatic rings. The molecule has 0 aromatic heterocycles. The lowest BCUT2D eigenvalue weighted by Crippen LogP contribution is -2.47. The predicted octanol–water partition coefficient (Wildman–Crippen LogP) is 3.46. The highest BCUT2D eigenvalue weighted by atomic mass is 19.1. The Labute approximate surface area is 121 Å². The molecular weight excluding hydrogens is 253 g/mol. The maximum atomic E-state index is 12.9. The van der Waals surface area contributed by atoms with E-state index in [2.05, 4.69) is 19.2 Å². The minimum atomic E-state index is -0.630. The fourth-order valence-corrected chi connectivity index (χ4v) is 3.11. The SMILES string of the molecule is CC(C)CC(C)(O)CNC1CC(c2ccc(F)cc2)C1. The summed E-state index contributed by atoms with van der Waals surface area (Å²) in [6.45, 7) is 6.80. The van der Waals surface area contributed by atoms with Crippen molar-refractivity contribution in [3.8, 4) is 0 Å². The Kier molecular flexibility index (Phi) is 4.82. The van der Waals surface area contributed by atoms with E-state index >= 15 is 0 Å². The van der Waals surface area contributed by atoms with Gasteiger partial charge in [0.2, 0.25) is 0 Å². The number of benzene rings is 1. The summed E-state index contributed by atoms with van der Waals surface area (Å²) >= 11 is 0. The molecule has 20 heavy (non-hydrogen) atoms. The smallest absolute Gasteiger partial charge is 0.123 e. The van der Waals surface area contributed by atoms with Gasteiger partial charge in [0.25, 0.3) is 0 Å². The van der Waals surface area contributed by atoms with Crippen molar-refractivity contribution >= 4 is 0 Å². The Hall–Kier alpha value is -0.930. The molecule has 1 fully saturated rings. The van der Waals surface area contributed by atoms with E-state index in [1.807, 2.05) is 19.1 Å². The second-order valence-electron chi connectivity index (χ2n) is 6.89. The van der Waals surface area contributed by atoms with Gasteiger partial charge in [-0.05, 0) is 55.7 Å². The van der Waals surface area contributed by atoms with E-state index < -0.39 is 5.60 Å². The summed E-state index contributed by atoms with van der Waals surface area (Å²) in [5.41, 5.74) is 0.591. The second kappa shape index (κ2) is 6.23. The molecule has 0 aliphatic heterocycles. The zero-order chi connectivity index (χ0) is 14.8. The second-order valence-corrected chi connectivity index (χ2v) is 6.89. The van der Waals surface area contributed by atoms with Crippen molar-refractivity contribution in [3.05, 3.63) is 35.6 Å². The Balaban J connectivity index is 1.73. The zero-order valence-corrected chi connectivity index (χ0v) is 12.7. The summed E-state index contributed by atoms with van der Waals surface area (Å²) in [6.07, 6.45) is 2.96. The fraction of sp³-hybridized carbons (Fsp3) is 0.647. The van der Waals surface area contributed by atoms with E-state index in [0.717, 1.165) is 19.3 Å². The van der Waals surface area contributed by atoms with E-state index in [1.165, 1.54) is 17.7 Å². The molecule has 1 unspecified atom stereocenters. The molecule has 0 spiro atoms. The van der Waals surface area contributed by atoms with Gasteiger partial charge in [-0.15, -0.1) is 0 Å². The van der Waals surface area contributed by atoms with Crippen LogP contribution >= 0.6 is 0 Å². The summed E-state index contributed by atoms with van der Waals surface area (Å²) in [4.78, 5) is 0. The van der Waals surface area contributed by atoms with Gasteiger partial charge < -0.3 is 10.4 Å². The van der Waals surface area contributed by atoms with Gasteiger partial charge in [0.1, 0.15) is 5.82 Å². The Morgan fingerprint density at radius 3 is 2.45 bits per heavy atom. The van der Waals surface area contributed by atoms with Crippen molar-refractivity contribution in [3.63, 3.8) is 0 Å². The molecule has 2 nitrogen and oxygen atoms in total. The molecule has 0 radical (unpaired) electrons. The summed E-state index contributed by atoms with van der Waals surface area (Å²) in [5.74, 6) is 0.857. The van der Waals surface area contributed by atoms with Crippen molar-refractivity contribution in [1.29, 1.82) is 0 Å². The van der Waals surface area contributed by atoms with Gasteiger partial charge in [0.15, 0.2) is 0 Å². The van der Waals surface area contributed by atoms with Gasteiger partial charge in [-0.1, -0.05) is 26.0 Å². The van der Waals surface area contributed by atoms with Gasteiger partial charge in [0, 0.05) is 12.6 Å². The first-order valence-electron chi connectivity index (χ1n) is 7.57. The molecule has 1 aliphatic rings. The highest BCUT2D eigenvalue weighted by Gasteiger charge is 2.32. The van der Waals surface area contributed by atoms with Crippen LogP contribution in [0.25, 0.3) is 0 Å². The van der Waals surface area contributed by atoms with Crippen LogP contribution in [-0.4, -0.2) is 23.3 Å². The summed E-state index contributed by atoms with van der Waals surface area (Å²) in [6, 6.07) is 7.30. The average molecular weight is 279 g/mol.